The van der Waals surface area contributed by atoms with Gasteiger partial charge >= 0.3 is 0 Å². The van der Waals surface area contributed by atoms with Gasteiger partial charge in [0.15, 0.2) is 0 Å². The molecule has 5 N–H and O–H groups in total. The summed E-state index contributed by atoms with van der Waals surface area (Å²) in [5.74, 6) is 1.52. The van der Waals surface area contributed by atoms with Gasteiger partial charge in [0.1, 0.15) is 11.6 Å². The average Bonchev–Trinajstić information content (AvgIpc) is 2.75. The molecule has 16 heavy (non-hydrogen) atoms. The number of nitrogens with one attached hydrogen (secondary N) is 1. The van der Waals surface area contributed by atoms with Crippen LogP contribution in [0.4, 0.5) is 5.95 Å². The van der Waals surface area contributed by atoms with Gasteiger partial charge in [-0.25, -0.2) is 0 Å². The van der Waals surface area contributed by atoms with Crippen molar-refractivity contribution in [3.63, 3.8) is 0 Å². The highest BCUT2D eigenvalue weighted by atomic mass is 16.5. The van der Waals surface area contributed by atoms with Crippen molar-refractivity contribution >= 4 is 5.95 Å². The Morgan fingerprint density at radius 3 is 2.50 bits per heavy atom. The number of nitrogen functional groups attached to an aromatic ring is 1. The van der Waals surface area contributed by atoms with E-state index in [1.54, 1.807) is 7.11 Å². The van der Waals surface area contributed by atoms with Gasteiger partial charge in [0.25, 0.3) is 0 Å². The number of H-pyrrole nitrogens is 1. The molecule has 0 radical (unpaired) electrons. The maximum absolute atomic E-state index is 5.99. The van der Waals surface area contributed by atoms with Crippen LogP contribution in [0.5, 0.6) is 5.75 Å². The second-order valence-corrected chi connectivity index (χ2v) is 3.33. The Labute approximate surface area is 92.6 Å². The second kappa shape index (κ2) is 4.19. The van der Waals surface area contributed by atoms with Crippen molar-refractivity contribution < 1.29 is 4.74 Å². The SMILES string of the molecule is COc1ccc(C(N)c2nc(N)n[nH]2)cc1. The minimum atomic E-state index is -0.365. The predicted molar refractivity (Wildman–Crippen MR) is 59.8 cm³/mol. The van der Waals surface area contributed by atoms with Gasteiger partial charge in [-0.1, -0.05) is 12.1 Å². The molecule has 1 heterocycles. The van der Waals surface area contributed by atoms with E-state index in [1.165, 1.54) is 0 Å². The number of aromatic nitrogens is 3. The first-order valence-electron chi connectivity index (χ1n) is 4.78. The van der Waals surface area contributed by atoms with Crippen molar-refractivity contribution in [2.24, 2.45) is 5.73 Å². The Morgan fingerprint density at radius 1 is 1.31 bits per heavy atom. The van der Waals surface area contributed by atoms with Gasteiger partial charge in [0, 0.05) is 0 Å². The molecule has 6 heteroatoms. The smallest absolute Gasteiger partial charge is 0.239 e. The highest BCUT2D eigenvalue weighted by Gasteiger charge is 2.12. The molecule has 0 saturated carbocycles. The Bertz CT molecular complexity index is 464. The molecule has 0 bridgehead atoms. The molecule has 0 fully saturated rings. The summed E-state index contributed by atoms with van der Waals surface area (Å²) in [6.07, 6.45) is 0. The van der Waals surface area contributed by atoms with E-state index in [-0.39, 0.29) is 12.0 Å². The van der Waals surface area contributed by atoms with Gasteiger partial charge in [0.05, 0.1) is 13.2 Å². The predicted octanol–water partition coefficient (Wildman–Crippen LogP) is 0.444. The number of nitrogens with zero attached hydrogens (tertiary/aromatic N) is 2. The van der Waals surface area contributed by atoms with Crippen LogP contribution in [0.2, 0.25) is 0 Å². The van der Waals surface area contributed by atoms with E-state index in [0.29, 0.717) is 5.82 Å². The van der Waals surface area contributed by atoms with Crippen LogP contribution in [0.15, 0.2) is 24.3 Å². The normalized spacial score (nSPS) is 12.4. The zero-order valence-electron chi connectivity index (χ0n) is 8.84. The highest BCUT2D eigenvalue weighted by molar-refractivity contribution is 5.32. The molecule has 0 aliphatic heterocycles. The van der Waals surface area contributed by atoms with Gasteiger partial charge < -0.3 is 16.2 Å². The fraction of sp³-hybridized carbons (Fsp3) is 0.200. The zero-order valence-corrected chi connectivity index (χ0v) is 8.84. The van der Waals surface area contributed by atoms with E-state index < -0.39 is 0 Å². The number of aromatic amines is 1. The average molecular weight is 219 g/mol. The fourth-order valence-corrected chi connectivity index (χ4v) is 1.40. The van der Waals surface area contributed by atoms with Crippen molar-refractivity contribution in [1.82, 2.24) is 15.2 Å². The lowest BCUT2D eigenvalue weighted by Crippen LogP contribution is -2.13. The number of hydrogen-bond donors (Lipinski definition) is 3. The molecular weight excluding hydrogens is 206 g/mol. The Morgan fingerprint density at radius 2 is 2.00 bits per heavy atom. The van der Waals surface area contributed by atoms with Crippen LogP contribution in [-0.4, -0.2) is 22.3 Å². The second-order valence-electron chi connectivity index (χ2n) is 3.33. The molecule has 0 amide bonds. The first kappa shape index (κ1) is 10.4. The van der Waals surface area contributed by atoms with Crippen molar-refractivity contribution in [2.75, 3.05) is 12.8 Å². The molecule has 0 aliphatic carbocycles. The quantitative estimate of drug-likeness (QED) is 0.695. The summed E-state index contributed by atoms with van der Waals surface area (Å²) in [5, 5.41) is 6.42. The minimum Gasteiger partial charge on any atom is -0.497 e. The van der Waals surface area contributed by atoms with Gasteiger partial charge in [0.2, 0.25) is 5.95 Å². The largest absolute Gasteiger partial charge is 0.497 e. The summed E-state index contributed by atoms with van der Waals surface area (Å²) in [7, 11) is 1.62. The number of methoxy groups -OCH3 is 1. The number of hydrogen-bond acceptors (Lipinski definition) is 5. The van der Waals surface area contributed by atoms with E-state index in [9.17, 15) is 0 Å². The van der Waals surface area contributed by atoms with Crippen LogP contribution in [-0.2, 0) is 0 Å². The van der Waals surface area contributed by atoms with Crippen molar-refractivity contribution in [1.29, 1.82) is 0 Å². The molecule has 1 aromatic carbocycles. The molecule has 84 valence electrons. The fourth-order valence-electron chi connectivity index (χ4n) is 1.40. The summed E-state index contributed by atoms with van der Waals surface area (Å²) < 4.78 is 5.06. The van der Waals surface area contributed by atoms with E-state index >= 15 is 0 Å². The van der Waals surface area contributed by atoms with E-state index in [1.807, 2.05) is 24.3 Å². The number of benzene rings is 1. The molecule has 1 atom stereocenters. The molecule has 0 spiro atoms. The minimum absolute atomic E-state index is 0.193. The van der Waals surface area contributed by atoms with Crippen molar-refractivity contribution in [3.05, 3.63) is 35.7 Å². The summed E-state index contributed by atoms with van der Waals surface area (Å²) >= 11 is 0. The van der Waals surface area contributed by atoms with Gasteiger partial charge in [-0.05, 0) is 17.7 Å². The molecule has 6 nitrogen and oxygen atoms in total. The summed E-state index contributed by atoms with van der Waals surface area (Å²) in [6.45, 7) is 0. The number of ether oxygens (including phenoxy) is 1. The summed E-state index contributed by atoms with van der Waals surface area (Å²) in [4.78, 5) is 3.98. The third kappa shape index (κ3) is 1.96. The molecule has 0 aliphatic rings. The molecule has 2 rings (SSSR count). The Hall–Kier alpha value is -2.08. The zero-order chi connectivity index (χ0) is 11.5. The van der Waals surface area contributed by atoms with Crippen LogP contribution < -0.4 is 16.2 Å². The number of rotatable bonds is 3. The molecule has 2 aromatic rings. The first-order chi connectivity index (χ1) is 7.70. The topological polar surface area (TPSA) is 103 Å². The third-order valence-electron chi connectivity index (χ3n) is 2.29. The molecular formula is C10H13N5O. The van der Waals surface area contributed by atoms with E-state index in [0.717, 1.165) is 11.3 Å². The van der Waals surface area contributed by atoms with Crippen LogP contribution in [0, 0.1) is 0 Å². The lowest BCUT2D eigenvalue weighted by Gasteiger charge is -2.09. The first-order valence-corrected chi connectivity index (χ1v) is 4.78. The number of nitrogens with two attached hydrogens (primary N) is 2. The maximum Gasteiger partial charge on any atom is 0.239 e. The monoisotopic (exact) mass is 219 g/mol. The Kier molecular flexibility index (Phi) is 2.74. The van der Waals surface area contributed by atoms with Crippen LogP contribution in [0.1, 0.15) is 17.4 Å². The lowest BCUT2D eigenvalue weighted by atomic mass is 10.1. The van der Waals surface area contributed by atoms with Crippen LogP contribution >= 0.6 is 0 Å². The van der Waals surface area contributed by atoms with E-state index in [2.05, 4.69) is 15.2 Å². The van der Waals surface area contributed by atoms with Gasteiger partial charge in [-0.15, -0.1) is 5.10 Å². The summed E-state index contributed by atoms with van der Waals surface area (Å²) in [5.41, 5.74) is 12.3. The Balaban J connectivity index is 2.23. The molecule has 0 saturated heterocycles. The number of anilines is 1. The van der Waals surface area contributed by atoms with E-state index in [4.69, 9.17) is 16.2 Å². The third-order valence-corrected chi connectivity index (χ3v) is 2.29. The summed E-state index contributed by atoms with van der Waals surface area (Å²) in [6, 6.07) is 7.07. The van der Waals surface area contributed by atoms with Crippen LogP contribution in [0.25, 0.3) is 0 Å². The van der Waals surface area contributed by atoms with Crippen molar-refractivity contribution in [3.8, 4) is 5.75 Å². The van der Waals surface area contributed by atoms with Crippen molar-refractivity contribution in [2.45, 2.75) is 6.04 Å². The van der Waals surface area contributed by atoms with Crippen LogP contribution in [0.3, 0.4) is 0 Å². The lowest BCUT2D eigenvalue weighted by molar-refractivity contribution is 0.414. The highest BCUT2D eigenvalue weighted by Crippen LogP contribution is 2.19. The maximum atomic E-state index is 5.99. The molecule has 1 unspecified atom stereocenters. The molecule has 1 aromatic heterocycles. The van der Waals surface area contributed by atoms with Gasteiger partial charge in [-0.3, -0.25) is 5.10 Å². The standard InChI is InChI=1S/C10H13N5O/c1-16-7-4-2-6(3-5-7)8(11)9-13-10(12)15-14-9/h2-5,8H,11H2,1H3,(H3,12,13,14,15). The van der Waals surface area contributed by atoms with Gasteiger partial charge in [-0.2, -0.15) is 4.98 Å².